The first-order chi connectivity index (χ1) is 8.86. The predicted octanol–water partition coefficient (Wildman–Crippen LogP) is 1.80. The number of nitrogens with zero attached hydrogens (tertiary/aromatic N) is 1. The monoisotopic (exact) mass is 340 g/mol. The highest BCUT2D eigenvalue weighted by molar-refractivity contribution is 7.89. The number of nitrogens with two attached hydrogens (primary N) is 1. The largest absolute Gasteiger partial charge is 0.495 e. The molecule has 0 aromatic heterocycles. The standard InChI is InChI=1S/C12H17ClN2O3S.ClH/c1-8-5-11(18-2)10(13)6-12(8)19(16,17)15-4-3-9(14)7-15;/h5-6,9H,3-4,7,14H2,1-2H3;1H/t9-;/m1./s1. The number of hydrogen-bond donors (Lipinski definition) is 1. The van der Waals surface area contributed by atoms with Gasteiger partial charge in [0.15, 0.2) is 0 Å². The molecule has 1 aromatic carbocycles. The number of ether oxygens (including phenoxy) is 1. The lowest BCUT2D eigenvalue weighted by atomic mass is 10.2. The molecule has 8 heteroatoms. The van der Waals surface area contributed by atoms with Crippen molar-refractivity contribution in [3.63, 3.8) is 0 Å². The van der Waals surface area contributed by atoms with Crippen molar-refractivity contribution in [1.29, 1.82) is 0 Å². The fraction of sp³-hybridized carbons (Fsp3) is 0.500. The zero-order valence-corrected chi connectivity index (χ0v) is 13.7. The smallest absolute Gasteiger partial charge is 0.243 e. The van der Waals surface area contributed by atoms with Crippen LogP contribution in [0, 0.1) is 6.92 Å². The maximum absolute atomic E-state index is 12.5. The average molecular weight is 341 g/mol. The van der Waals surface area contributed by atoms with Crippen molar-refractivity contribution in [2.45, 2.75) is 24.3 Å². The third-order valence-electron chi connectivity index (χ3n) is 3.25. The van der Waals surface area contributed by atoms with Gasteiger partial charge in [-0.15, -0.1) is 12.4 Å². The van der Waals surface area contributed by atoms with E-state index in [0.717, 1.165) is 0 Å². The van der Waals surface area contributed by atoms with Crippen LogP contribution in [0.25, 0.3) is 0 Å². The number of rotatable bonds is 3. The summed E-state index contributed by atoms with van der Waals surface area (Å²) in [6.07, 6.45) is 0.683. The van der Waals surface area contributed by atoms with Gasteiger partial charge in [0.25, 0.3) is 0 Å². The van der Waals surface area contributed by atoms with E-state index in [2.05, 4.69) is 0 Å². The van der Waals surface area contributed by atoms with E-state index in [1.807, 2.05) is 0 Å². The molecular formula is C12H18Cl2N2O3S. The zero-order chi connectivity index (χ0) is 14.2. The van der Waals surface area contributed by atoms with Crippen LogP contribution in [0.2, 0.25) is 5.02 Å². The van der Waals surface area contributed by atoms with Gasteiger partial charge in [0.1, 0.15) is 5.75 Å². The lowest BCUT2D eigenvalue weighted by molar-refractivity contribution is 0.414. The SMILES string of the molecule is COc1cc(C)c(S(=O)(=O)N2CC[C@@H](N)C2)cc1Cl.Cl. The molecule has 0 radical (unpaired) electrons. The number of aryl methyl sites for hydroxylation is 1. The van der Waals surface area contributed by atoms with Gasteiger partial charge in [0, 0.05) is 19.1 Å². The second-order valence-corrected chi connectivity index (χ2v) is 6.98. The van der Waals surface area contributed by atoms with Crippen LogP contribution in [0.1, 0.15) is 12.0 Å². The van der Waals surface area contributed by atoms with Crippen LogP contribution in [0.5, 0.6) is 5.75 Å². The maximum atomic E-state index is 12.5. The van der Waals surface area contributed by atoms with E-state index in [-0.39, 0.29) is 28.4 Å². The van der Waals surface area contributed by atoms with Crippen molar-refractivity contribution in [3.8, 4) is 5.75 Å². The van der Waals surface area contributed by atoms with Crippen LogP contribution in [-0.4, -0.2) is 39.0 Å². The van der Waals surface area contributed by atoms with Crippen LogP contribution in [0.4, 0.5) is 0 Å². The van der Waals surface area contributed by atoms with Gasteiger partial charge in [-0.05, 0) is 31.0 Å². The Kier molecular flexibility index (Phi) is 5.69. The molecule has 1 aliphatic rings. The second kappa shape index (κ2) is 6.49. The van der Waals surface area contributed by atoms with E-state index in [1.165, 1.54) is 17.5 Å². The average Bonchev–Trinajstić information content (AvgIpc) is 2.79. The number of methoxy groups -OCH3 is 1. The van der Waals surface area contributed by atoms with E-state index < -0.39 is 10.0 Å². The van der Waals surface area contributed by atoms with Gasteiger partial charge >= 0.3 is 0 Å². The van der Waals surface area contributed by atoms with E-state index in [1.54, 1.807) is 13.0 Å². The fourth-order valence-electron chi connectivity index (χ4n) is 2.18. The minimum atomic E-state index is -3.54. The van der Waals surface area contributed by atoms with Crippen molar-refractivity contribution < 1.29 is 13.2 Å². The molecule has 0 unspecified atom stereocenters. The molecule has 0 saturated carbocycles. The van der Waals surface area contributed by atoms with Crippen LogP contribution < -0.4 is 10.5 Å². The summed E-state index contributed by atoms with van der Waals surface area (Å²) in [4.78, 5) is 0.215. The fourth-order valence-corrected chi connectivity index (χ4v) is 4.23. The molecule has 0 bridgehead atoms. The van der Waals surface area contributed by atoms with Crippen LogP contribution >= 0.6 is 24.0 Å². The van der Waals surface area contributed by atoms with Gasteiger partial charge in [-0.3, -0.25) is 0 Å². The molecule has 1 aromatic rings. The molecule has 1 saturated heterocycles. The highest BCUT2D eigenvalue weighted by Crippen LogP contribution is 2.32. The Labute approximate surface area is 130 Å². The van der Waals surface area contributed by atoms with Crippen molar-refractivity contribution in [3.05, 3.63) is 22.7 Å². The summed E-state index contributed by atoms with van der Waals surface area (Å²) >= 11 is 6.01. The van der Waals surface area contributed by atoms with E-state index in [9.17, 15) is 8.42 Å². The third kappa shape index (κ3) is 3.20. The minimum Gasteiger partial charge on any atom is -0.495 e. The molecule has 1 atom stereocenters. The van der Waals surface area contributed by atoms with Gasteiger partial charge in [0.2, 0.25) is 10.0 Å². The molecule has 1 heterocycles. The number of halogens is 2. The molecule has 0 aliphatic carbocycles. The molecule has 1 aliphatic heterocycles. The summed E-state index contributed by atoms with van der Waals surface area (Å²) in [5.41, 5.74) is 6.37. The Balaban J connectivity index is 0.00000200. The lowest BCUT2D eigenvalue weighted by Crippen LogP contribution is -2.32. The van der Waals surface area contributed by atoms with Crippen LogP contribution in [0.15, 0.2) is 17.0 Å². The van der Waals surface area contributed by atoms with Crippen molar-refractivity contribution in [2.75, 3.05) is 20.2 Å². The van der Waals surface area contributed by atoms with Gasteiger partial charge in [-0.25, -0.2) is 8.42 Å². The molecule has 2 N–H and O–H groups in total. The molecular weight excluding hydrogens is 323 g/mol. The molecule has 0 spiro atoms. The third-order valence-corrected chi connectivity index (χ3v) is 5.56. The summed E-state index contributed by atoms with van der Waals surface area (Å²) < 4.78 is 31.5. The normalized spacial score (nSPS) is 19.7. The van der Waals surface area contributed by atoms with Gasteiger partial charge in [-0.2, -0.15) is 4.31 Å². The van der Waals surface area contributed by atoms with Gasteiger partial charge in [-0.1, -0.05) is 11.6 Å². The molecule has 5 nitrogen and oxygen atoms in total. The number of benzene rings is 1. The van der Waals surface area contributed by atoms with E-state index >= 15 is 0 Å². The summed E-state index contributed by atoms with van der Waals surface area (Å²) in [6, 6.07) is 2.98. The Hall–Kier alpha value is -0.530. The minimum absolute atomic E-state index is 0. The van der Waals surface area contributed by atoms with Crippen molar-refractivity contribution in [2.24, 2.45) is 5.73 Å². The lowest BCUT2D eigenvalue weighted by Gasteiger charge is -2.18. The highest BCUT2D eigenvalue weighted by Gasteiger charge is 2.32. The quantitative estimate of drug-likeness (QED) is 0.910. The molecule has 0 amide bonds. The first-order valence-electron chi connectivity index (χ1n) is 5.96. The molecule has 1 fully saturated rings. The Morgan fingerprint density at radius 3 is 2.60 bits per heavy atom. The second-order valence-electron chi connectivity index (χ2n) is 4.66. The Morgan fingerprint density at radius 2 is 2.10 bits per heavy atom. The molecule has 2 rings (SSSR count). The summed E-state index contributed by atoms with van der Waals surface area (Å²) in [6.45, 7) is 2.53. The number of sulfonamides is 1. The van der Waals surface area contributed by atoms with Crippen molar-refractivity contribution in [1.82, 2.24) is 4.31 Å². The molecule has 114 valence electrons. The van der Waals surface area contributed by atoms with E-state index in [0.29, 0.717) is 30.8 Å². The zero-order valence-electron chi connectivity index (χ0n) is 11.3. The summed E-state index contributed by atoms with van der Waals surface area (Å²) in [5, 5.41) is 0.287. The summed E-state index contributed by atoms with van der Waals surface area (Å²) in [5.74, 6) is 0.469. The Morgan fingerprint density at radius 1 is 1.45 bits per heavy atom. The van der Waals surface area contributed by atoms with Crippen LogP contribution in [-0.2, 0) is 10.0 Å². The highest BCUT2D eigenvalue weighted by atomic mass is 35.5. The van der Waals surface area contributed by atoms with Crippen molar-refractivity contribution >= 4 is 34.0 Å². The topological polar surface area (TPSA) is 72.6 Å². The summed E-state index contributed by atoms with van der Waals surface area (Å²) in [7, 11) is -2.04. The van der Waals surface area contributed by atoms with Gasteiger partial charge in [0.05, 0.1) is 17.0 Å². The Bertz CT molecular complexity index is 593. The first kappa shape index (κ1) is 17.5. The van der Waals surface area contributed by atoms with Gasteiger partial charge < -0.3 is 10.5 Å². The first-order valence-corrected chi connectivity index (χ1v) is 7.78. The molecule has 20 heavy (non-hydrogen) atoms. The van der Waals surface area contributed by atoms with Crippen LogP contribution in [0.3, 0.4) is 0 Å². The maximum Gasteiger partial charge on any atom is 0.243 e. The van der Waals surface area contributed by atoms with E-state index in [4.69, 9.17) is 22.1 Å². The number of hydrogen-bond acceptors (Lipinski definition) is 4. The predicted molar refractivity (Wildman–Crippen MR) is 81.3 cm³/mol.